The Kier molecular flexibility index (Phi) is 7.55. The Morgan fingerprint density at radius 1 is 1.02 bits per heavy atom. The number of para-hydroxylation sites is 1. The highest BCUT2D eigenvalue weighted by Crippen LogP contribution is 2.50. The topological polar surface area (TPSA) is 91.8 Å². The van der Waals surface area contributed by atoms with Crippen molar-refractivity contribution in [3.63, 3.8) is 0 Å². The zero-order valence-electron chi connectivity index (χ0n) is 25.8. The zero-order valence-corrected chi connectivity index (χ0v) is 27.3. The molecular formula is C35H34Cl2FN3O6. The Morgan fingerprint density at radius 2 is 1.74 bits per heavy atom. The number of carbonyl (C=O) groups excluding carboxylic acids is 2. The number of benzene rings is 3. The van der Waals surface area contributed by atoms with Gasteiger partial charge < -0.3 is 34.0 Å². The van der Waals surface area contributed by atoms with Gasteiger partial charge in [-0.2, -0.15) is 0 Å². The van der Waals surface area contributed by atoms with E-state index in [9.17, 15) is 14.7 Å². The first-order valence-corrected chi connectivity index (χ1v) is 16.7. The minimum Gasteiger partial charge on any atom is -0.472 e. The lowest BCUT2D eigenvalue weighted by molar-refractivity contribution is -0.0822. The number of esters is 1. The van der Waals surface area contributed by atoms with Crippen molar-refractivity contribution in [3.8, 4) is 16.9 Å². The number of halogens is 3. The van der Waals surface area contributed by atoms with Crippen LogP contribution in [0.4, 0.5) is 15.8 Å². The van der Waals surface area contributed by atoms with Gasteiger partial charge in [0, 0.05) is 40.9 Å². The van der Waals surface area contributed by atoms with Crippen molar-refractivity contribution >= 4 is 46.5 Å². The molecule has 1 amide bonds. The van der Waals surface area contributed by atoms with Crippen molar-refractivity contribution in [3.05, 3.63) is 75.0 Å². The first-order valence-electron chi connectivity index (χ1n) is 15.9. The van der Waals surface area contributed by atoms with E-state index in [0.717, 1.165) is 44.5 Å². The fraction of sp³-hybridized carbons (Fsp3) is 0.429. The van der Waals surface area contributed by atoms with Crippen LogP contribution in [0.25, 0.3) is 11.1 Å². The second-order valence-electron chi connectivity index (χ2n) is 13.3. The van der Waals surface area contributed by atoms with Gasteiger partial charge in [-0.3, -0.25) is 4.79 Å². The summed E-state index contributed by atoms with van der Waals surface area (Å²) in [5.41, 5.74) is 3.25. The molecule has 0 radical (unpaired) electrons. The number of aliphatic hydroxyl groups is 1. The van der Waals surface area contributed by atoms with Gasteiger partial charge in [0.2, 0.25) is 0 Å². The molecule has 2 bridgehead atoms. The number of hydrogen-bond acceptors (Lipinski definition) is 8. The number of carbonyl (C=O) groups is 2. The fourth-order valence-corrected chi connectivity index (χ4v) is 8.58. The Morgan fingerprint density at radius 3 is 2.38 bits per heavy atom. The number of aliphatic hydroxyl groups excluding tert-OH is 1. The molecule has 3 atom stereocenters. The fourth-order valence-electron chi connectivity index (χ4n) is 7.95. The van der Waals surface area contributed by atoms with E-state index in [4.69, 9.17) is 37.4 Å². The van der Waals surface area contributed by atoms with Crippen LogP contribution < -0.4 is 14.5 Å². The molecule has 12 heteroatoms. The molecule has 3 aromatic carbocycles. The number of fused-ring (bicyclic) bond motifs is 3. The number of ether oxygens (including phenoxy) is 3. The van der Waals surface area contributed by atoms with Gasteiger partial charge in [0.1, 0.15) is 11.6 Å². The first-order chi connectivity index (χ1) is 22.7. The van der Waals surface area contributed by atoms with Gasteiger partial charge in [0.05, 0.1) is 71.9 Å². The highest BCUT2D eigenvalue weighted by atomic mass is 35.5. The Hall–Kier alpha value is -3.57. The molecule has 1 saturated carbocycles. The normalized spacial score (nSPS) is 23.9. The number of anilines is 2. The third kappa shape index (κ3) is 4.94. The van der Waals surface area contributed by atoms with Crippen LogP contribution in [0.15, 0.2) is 42.5 Å². The Balaban J connectivity index is 1.07. The van der Waals surface area contributed by atoms with Crippen molar-refractivity contribution < 1.29 is 33.3 Å². The Labute approximate surface area is 281 Å². The highest BCUT2D eigenvalue weighted by Gasteiger charge is 2.54. The van der Waals surface area contributed by atoms with E-state index in [1.807, 2.05) is 6.07 Å². The van der Waals surface area contributed by atoms with E-state index in [1.165, 1.54) is 18.1 Å². The molecule has 1 aliphatic carbocycles. The molecule has 4 heterocycles. The van der Waals surface area contributed by atoms with Gasteiger partial charge in [-0.05, 0) is 49.9 Å². The molecule has 1 N–H and O–H groups in total. The van der Waals surface area contributed by atoms with Gasteiger partial charge in [-0.1, -0.05) is 41.4 Å². The van der Waals surface area contributed by atoms with Crippen LogP contribution in [0.3, 0.4) is 0 Å². The summed E-state index contributed by atoms with van der Waals surface area (Å²) in [5.74, 6) is -1.10. The average Bonchev–Trinajstić information content (AvgIpc) is 3.28. The molecule has 0 aromatic heterocycles. The predicted octanol–water partition coefficient (Wildman–Crippen LogP) is 5.91. The summed E-state index contributed by atoms with van der Waals surface area (Å²) in [7, 11) is 1.29. The van der Waals surface area contributed by atoms with Crippen molar-refractivity contribution in [2.45, 2.75) is 50.4 Å². The number of amides is 1. The minimum atomic E-state index is -0.604. The molecule has 4 aliphatic heterocycles. The van der Waals surface area contributed by atoms with Gasteiger partial charge in [0.15, 0.2) is 6.73 Å². The van der Waals surface area contributed by atoms with E-state index in [2.05, 4.69) is 9.80 Å². The first kappa shape index (κ1) is 30.7. The molecule has 8 rings (SSSR count). The summed E-state index contributed by atoms with van der Waals surface area (Å²) in [6.07, 6.45) is 3.41. The molecule has 47 heavy (non-hydrogen) atoms. The van der Waals surface area contributed by atoms with Crippen LogP contribution in [0.2, 0.25) is 10.0 Å². The SMILES string of the molecule is COC(=O)c1cc(F)c(-c2cccc3c2OCN(C(=O)c2c(Cl)cc(N4CC5(CC[C@H]5O)C4)cc2Cl)C3)cc1N1C2CCC1COC2. The average molecular weight is 683 g/mol. The summed E-state index contributed by atoms with van der Waals surface area (Å²) < 4.78 is 32.8. The molecule has 5 aliphatic rings. The smallest absolute Gasteiger partial charge is 0.340 e. The maximum atomic E-state index is 15.9. The molecular weight excluding hydrogens is 648 g/mol. The number of hydrogen-bond donors (Lipinski definition) is 1. The monoisotopic (exact) mass is 681 g/mol. The lowest BCUT2D eigenvalue weighted by atomic mass is 9.61. The summed E-state index contributed by atoms with van der Waals surface area (Å²) in [6, 6.07) is 12.0. The van der Waals surface area contributed by atoms with E-state index in [1.54, 1.807) is 30.3 Å². The molecule has 9 nitrogen and oxygen atoms in total. The molecule has 2 unspecified atom stereocenters. The summed E-state index contributed by atoms with van der Waals surface area (Å²) in [6.45, 7) is 2.65. The van der Waals surface area contributed by atoms with Crippen LogP contribution in [0.1, 0.15) is 52.0 Å². The van der Waals surface area contributed by atoms with E-state index in [0.29, 0.717) is 41.3 Å². The van der Waals surface area contributed by atoms with Crippen LogP contribution in [0.5, 0.6) is 5.75 Å². The van der Waals surface area contributed by atoms with Gasteiger partial charge in [0.25, 0.3) is 5.91 Å². The minimum absolute atomic E-state index is 0.0408. The lowest BCUT2D eigenvalue weighted by Gasteiger charge is -2.59. The van der Waals surface area contributed by atoms with Crippen molar-refractivity contribution in [1.29, 1.82) is 0 Å². The van der Waals surface area contributed by atoms with Crippen LogP contribution in [-0.2, 0) is 16.0 Å². The largest absolute Gasteiger partial charge is 0.472 e. The predicted molar refractivity (Wildman–Crippen MR) is 175 cm³/mol. The molecule has 1 spiro atoms. The third-order valence-corrected chi connectivity index (χ3v) is 11.2. The maximum absolute atomic E-state index is 15.9. The van der Waals surface area contributed by atoms with E-state index < -0.39 is 11.8 Å². The second-order valence-corrected chi connectivity index (χ2v) is 14.1. The van der Waals surface area contributed by atoms with Gasteiger partial charge >= 0.3 is 5.97 Å². The van der Waals surface area contributed by atoms with E-state index >= 15 is 4.39 Å². The number of morpholine rings is 1. The van der Waals surface area contributed by atoms with Crippen molar-refractivity contribution in [2.24, 2.45) is 5.41 Å². The van der Waals surface area contributed by atoms with Gasteiger partial charge in [-0.15, -0.1) is 0 Å². The molecule has 246 valence electrons. The van der Waals surface area contributed by atoms with Crippen molar-refractivity contribution in [1.82, 2.24) is 4.90 Å². The van der Waals surface area contributed by atoms with Crippen LogP contribution in [0, 0.1) is 11.2 Å². The van der Waals surface area contributed by atoms with E-state index in [-0.39, 0.29) is 64.0 Å². The maximum Gasteiger partial charge on any atom is 0.340 e. The number of methoxy groups -OCH3 is 1. The van der Waals surface area contributed by atoms with Crippen LogP contribution >= 0.6 is 23.2 Å². The summed E-state index contributed by atoms with van der Waals surface area (Å²) >= 11 is 13.3. The van der Waals surface area contributed by atoms with Crippen molar-refractivity contribution in [2.75, 3.05) is 49.9 Å². The quantitative estimate of drug-likeness (QED) is 0.333. The number of nitrogens with zero attached hydrogens (tertiary/aromatic N) is 3. The highest BCUT2D eigenvalue weighted by molar-refractivity contribution is 6.40. The standard InChI is InChI=1S/C35H34Cl2FN3O6/c1-45-34(44)25-11-28(38)24(12-29(25)41-20-5-6-21(41)15-46-14-20)23-4-2-3-19-13-39(18-47-32(19)23)33(43)31-26(36)9-22(10-27(31)37)40-16-35(17-40)8-7-30(35)42/h2-4,9-12,20-21,30,42H,5-8,13-18H2,1H3/t20?,21?,30-/m1/s1. The Bertz CT molecular complexity index is 1760. The summed E-state index contributed by atoms with van der Waals surface area (Å²) in [4.78, 5) is 32.3. The van der Waals surface area contributed by atoms with Gasteiger partial charge in [-0.25, -0.2) is 9.18 Å². The molecule has 3 aromatic rings. The molecule has 3 saturated heterocycles. The zero-order chi connectivity index (χ0) is 32.6. The van der Waals surface area contributed by atoms with Crippen LogP contribution in [-0.4, -0.2) is 80.2 Å². The lowest BCUT2D eigenvalue weighted by Crippen LogP contribution is -2.66. The second kappa shape index (κ2) is 11.5. The summed E-state index contributed by atoms with van der Waals surface area (Å²) in [5, 5.41) is 10.6. The third-order valence-electron chi connectivity index (χ3n) is 10.6. The molecule has 4 fully saturated rings. The number of rotatable bonds is 5.